The van der Waals surface area contributed by atoms with Crippen LogP contribution in [0.3, 0.4) is 0 Å². The van der Waals surface area contributed by atoms with Gasteiger partial charge in [-0.05, 0) is 71.2 Å². The van der Waals surface area contributed by atoms with E-state index in [2.05, 4.69) is 36.9 Å². The van der Waals surface area contributed by atoms with Gasteiger partial charge in [-0.3, -0.25) is 4.79 Å². The number of carbonyl (C=O) groups excluding carboxylic acids is 2. The van der Waals surface area contributed by atoms with Gasteiger partial charge in [0.25, 0.3) is 0 Å². The molecule has 2 aromatic rings. The summed E-state index contributed by atoms with van der Waals surface area (Å²) in [5.74, 6) is -0.360. The molecule has 0 bridgehead atoms. The number of thioether (sulfide) groups is 1. The maximum Gasteiger partial charge on any atom is 0.344 e. The standard InChI is InChI=1S/C26H25Br2NO6S/c1-4-21(30)29-25-22(26(32)34-6-3)23(31)20(36-25)13-16-11-18(28)24(19(12-16)33-5-2)35-14-15-7-9-17(27)10-8-15/h7-13,31H,4-6,14H2,1-3H3/b20-13-,29-25?. The highest BCUT2D eigenvalue weighted by Gasteiger charge is 2.33. The monoisotopic (exact) mass is 637 g/mol. The molecule has 1 aliphatic heterocycles. The van der Waals surface area contributed by atoms with Gasteiger partial charge in [-0.1, -0.05) is 46.7 Å². The zero-order chi connectivity index (χ0) is 26.2. The number of benzene rings is 2. The number of amides is 1. The van der Waals surface area contributed by atoms with Crippen molar-refractivity contribution >= 4 is 66.6 Å². The number of aliphatic imine (C=N–C) groups is 1. The molecular weight excluding hydrogens is 614 g/mol. The molecule has 0 atom stereocenters. The third-order valence-corrected chi connectivity index (χ3v) is 6.96. The Morgan fingerprint density at radius 3 is 2.42 bits per heavy atom. The lowest BCUT2D eigenvalue weighted by atomic mass is 10.1. The topological polar surface area (TPSA) is 94.4 Å². The number of hydrogen-bond donors (Lipinski definition) is 1. The number of esters is 1. The number of rotatable bonds is 9. The number of carbonyl (C=O) groups is 2. The summed E-state index contributed by atoms with van der Waals surface area (Å²) in [6.45, 7) is 6.10. The first-order valence-corrected chi connectivity index (χ1v) is 13.6. The van der Waals surface area contributed by atoms with Gasteiger partial charge in [-0.15, -0.1) is 0 Å². The number of hydrogen-bond acceptors (Lipinski definition) is 7. The molecule has 0 spiro atoms. The van der Waals surface area contributed by atoms with Gasteiger partial charge < -0.3 is 19.3 Å². The van der Waals surface area contributed by atoms with E-state index >= 15 is 0 Å². The molecule has 1 N–H and O–H groups in total. The zero-order valence-corrected chi connectivity index (χ0v) is 24.0. The number of ether oxygens (including phenoxy) is 3. The lowest BCUT2D eigenvalue weighted by molar-refractivity contribution is -0.138. The molecule has 0 aliphatic carbocycles. The Balaban J connectivity index is 1.96. The largest absolute Gasteiger partial charge is 0.506 e. The van der Waals surface area contributed by atoms with Crippen LogP contribution >= 0.6 is 43.6 Å². The van der Waals surface area contributed by atoms with E-state index in [1.807, 2.05) is 37.3 Å². The van der Waals surface area contributed by atoms with E-state index in [4.69, 9.17) is 14.2 Å². The third-order valence-electron chi connectivity index (χ3n) is 4.82. The van der Waals surface area contributed by atoms with Crippen LogP contribution in [0.4, 0.5) is 0 Å². The summed E-state index contributed by atoms with van der Waals surface area (Å²) in [6, 6.07) is 11.4. The summed E-state index contributed by atoms with van der Waals surface area (Å²) < 4.78 is 18.6. The number of aliphatic hydroxyl groups excluding tert-OH is 1. The Labute approximate surface area is 230 Å². The molecule has 190 valence electrons. The Morgan fingerprint density at radius 1 is 1.06 bits per heavy atom. The average molecular weight is 639 g/mol. The van der Waals surface area contributed by atoms with Crippen molar-refractivity contribution in [3.8, 4) is 11.5 Å². The molecule has 36 heavy (non-hydrogen) atoms. The Bertz CT molecular complexity index is 1240. The van der Waals surface area contributed by atoms with Crippen molar-refractivity contribution in [2.24, 2.45) is 4.99 Å². The van der Waals surface area contributed by atoms with Gasteiger partial charge in [0, 0.05) is 10.9 Å². The highest BCUT2D eigenvalue weighted by atomic mass is 79.9. The van der Waals surface area contributed by atoms with E-state index in [1.165, 1.54) is 0 Å². The fourth-order valence-electron chi connectivity index (χ4n) is 3.15. The number of halogens is 2. The Kier molecular flexibility index (Phi) is 10.2. The number of nitrogens with zero attached hydrogens (tertiary/aromatic N) is 1. The van der Waals surface area contributed by atoms with Gasteiger partial charge in [0.2, 0.25) is 5.91 Å². The van der Waals surface area contributed by atoms with Gasteiger partial charge in [0.15, 0.2) is 11.5 Å². The van der Waals surface area contributed by atoms with Gasteiger partial charge in [0.1, 0.15) is 23.0 Å². The lowest BCUT2D eigenvalue weighted by Crippen LogP contribution is -2.14. The molecule has 1 heterocycles. The maximum atomic E-state index is 12.5. The van der Waals surface area contributed by atoms with Gasteiger partial charge >= 0.3 is 5.97 Å². The van der Waals surface area contributed by atoms with Crippen molar-refractivity contribution in [2.75, 3.05) is 13.2 Å². The minimum Gasteiger partial charge on any atom is -0.506 e. The highest BCUT2D eigenvalue weighted by Crippen LogP contribution is 2.42. The van der Waals surface area contributed by atoms with Crippen LogP contribution in [0.2, 0.25) is 0 Å². The summed E-state index contributed by atoms with van der Waals surface area (Å²) in [4.78, 5) is 28.7. The fraction of sp³-hybridized carbons (Fsp3) is 0.269. The van der Waals surface area contributed by atoms with Crippen molar-refractivity contribution in [3.05, 3.63) is 72.7 Å². The minimum atomic E-state index is -0.735. The predicted octanol–water partition coefficient (Wildman–Crippen LogP) is 6.99. The molecule has 7 nitrogen and oxygen atoms in total. The first-order valence-electron chi connectivity index (χ1n) is 11.2. The fourth-order valence-corrected chi connectivity index (χ4v) is 5.02. The van der Waals surface area contributed by atoms with Crippen molar-refractivity contribution in [1.29, 1.82) is 0 Å². The molecule has 3 rings (SSSR count). The second-order valence-corrected chi connectivity index (χ2v) is 10.2. The highest BCUT2D eigenvalue weighted by molar-refractivity contribution is 9.10. The summed E-state index contributed by atoms with van der Waals surface area (Å²) >= 11 is 8.02. The van der Waals surface area contributed by atoms with Gasteiger partial charge in [-0.25, -0.2) is 9.79 Å². The smallest absolute Gasteiger partial charge is 0.344 e. The molecule has 0 radical (unpaired) electrons. The van der Waals surface area contributed by atoms with E-state index in [9.17, 15) is 14.7 Å². The second-order valence-electron chi connectivity index (χ2n) is 7.40. The van der Waals surface area contributed by atoms with E-state index in [1.54, 1.807) is 26.0 Å². The van der Waals surface area contributed by atoms with Gasteiger partial charge in [0.05, 0.1) is 22.6 Å². The Morgan fingerprint density at radius 2 is 1.78 bits per heavy atom. The van der Waals surface area contributed by atoms with Crippen LogP contribution in [0.25, 0.3) is 6.08 Å². The molecule has 0 saturated carbocycles. The van der Waals surface area contributed by atoms with E-state index in [0.717, 1.165) is 21.8 Å². The van der Waals surface area contributed by atoms with Crippen LogP contribution in [0, 0.1) is 0 Å². The molecule has 0 saturated heterocycles. The van der Waals surface area contributed by atoms with Crippen molar-refractivity contribution in [2.45, 2.75) is 33.8 Å². The zero-order valence-electron chi connectivity index (χ0n) is 20.0. The van der Waals surface area contributed by atoms with Crippen LogP contribution in [0.5, 0.6) is 11.5 Å². The predicted molar refractivity (Wildman–Crippen MR) is 148 cm³/mol. The Hall–Kier alpha value is -2.56. The molecule has 10 heteroatoms. The quantitative estimate of drug-likeness (QED) is 0.296. The second kappa shape index (κ2) is 13.1. The van der Waals surface area contributed by atoms with E-state index in [0.29, 0.717) is 39.7 Å². The van der Waals surface area contributed by atoms with Crippen LogP contribution in [-0.4, -0.2) is 35.2 Å². The molecule has 1 aliphatic rings. The van der Waals surface area contributed by atoms with E-state index in [-0.39, 0.29) is 29.4 Å². The summed E-state index contributed by atoms with van der Waals surface area (Å²) in [6.07, 6.45) is 1.86. The summed E-state index contributed by atoms with van der Waals surface area (Å²) in [5.41, 5.74) is 1.56. The molecule has 0 aromatic heterocycles. The summed E-state index contributed by atoms with van der Waals surface area (Å²) in [7, 11) is 0. The molecular formula is C26H25Br2NO6S. The average Bonchev–Trinajstić information content (AvgIpc) is 3.14. The lowest BCUT2D eigenvalue weighted by Gasteiger charge is -2.15. The first-order chi connectivity index (χ1) is 17.3. The molecule has 1 amide bonds. The molecule has 2 aromatic carbocycles. The minimum absolute atomic E-state index is 0.114. The van der Waals surface area contributed by atoms with Crippen molar-refractivity contribution in [3.63, 3.8) is 0 Å². The van der Waals surface area contributed by atoms with Gasteiger partial charge in [-0.2, -0.15) is 0 Å². The SMILES string of the molecule is CCOC(=O)C1=C(O)/C(=C/c2cc(Br)c(OCc3ccc(Br)cc3)c(OCC)c2)SC1=NC(=O)CC. The van der Waals surface area contributed by atoms with Crippen LogP contribution < -0.4 is 9.47 Å². The normalized spacial score (nSPS) is 15.5. The third kappa shape index (κ3) is 7.02. The van der Waals surface area contributed by atoms with Crippen LogP contribution in [-0.2, 0) is 20.9 Å². The van der Waals surface area contributed by atoms with Crippen molar-refractivity contribution < 1.29 is 28.9 Å². The van der Waals surface area contributed by atoms with Crippen LogP contribution in [0.1, 0.15) is 38.3 Å². The first kappa shape index (κ1) is 28.0. The number of aliphatic hydroxyl groups is 1. The molecule has 0 fully saturated rings. The van der Waals surface area contributed by atoms with Crippen LogP contribution in [0.15, 0.2) is 66.6 Å². The van der Waals surface area contributed by atoms with E-state index < -0.39 is 11.9 Å². The summed E-state index contributed by atoms with van der Waals surface area (Å²) in [5, 5.41) is 10.9. The molecule has 0 unspecified atom stereocenters. The van der Waals surface area contributed by atoms with Crippen molar-refractivity contribution in [1.82, 2.24) is 0 Å². The maximum absolute atomic E-state index is 12.5.